The Morgan fingerprint density at radius 3 is 2.47 bits per heavy atom. The maximum absolute atomic E-state index is 12.0. The lowest BCUT2D eigenvalue weighted by Gasteiger charge is -2.32. The van der Waals surface area contributed by atoms with Gasteiger partial charge in [0.1, 0.15) is 0 Å². The molecule has 0 radical (unpaired) electrons. The highest BCUT2D eigenvalue weighted by molar-refractivity contribution is 7.89. The molecule has 0 aliphatic carbocycles. The lowest BCUT2D eigenvalue weighted by Crippen LogP contribution is -2.48. The third-order valence-corrected chi connectivity index (χ3v) is 5.28. The van der Waals surface area contributed by atoms with Crippen molar-refractivity contribution in [2.24, 2.45) is 0 Å². The summed E-state index contributed by atoms with van der Waals surface area (Å²) >= 11 is 0. The standard InChI is InChI=1S/C10H21NO3S/c1-4-5-8-15(13,14)11-7-6-9(12)10(11,2)3/h9,12H,4-8H2,1-3H3. The first kappa shape index (κ1) is 12.9. The first-order valence-corrected chi connectivity index (χ1v) is 7.12. The molecule has 1 heterocycles. The van der Waals surface area contributed by atoms with E-state index in [1.165, 1.54) is 4.31 Å². The van der Waals surface area contributed by atoms with E-state index in [0.717, 1.165) is 6.42 Å². The van der Waals surface area contributed by atoms with Gasteiger partial charge in [-0.15, -0.1) is 0 Å². The Bertz CT molecular complexity index is 311. The van der Waals surface area contributed by atoms with E-state index in [1.807, 2.05) is 6.92 Å². The third-order valence-electron chi connectivity index (χ3n) is 3.16. The maximum Gasteiger partial charge on any atom is 0.214 e. The van der Waals surface area contributed by atoms with Gasteiger partial charge in [-0.05, 0) is 26.7 Å². The van der Waals surface area contributed by atoms with E-state index in [4.69, 9.17) is 0 Å². The summed E-state index contributed by atoms with van der Waals surface area (Å²) in [6.07, 6.45) is 1.55. The summed E-state index contributed by atoms with van der Waals surface area (Å²) in [5.41, 5.74) is -0.646. The molecule has 1 atom stereocenters. The second kappa shape index (κ2) is 4.39. The Balaban J connectivity index is 2.80. The Hall–Kier alpha value is -0.130. The van der Waals surface area contributed by atoms with Gasteiger partial charge >= 0.3 is 0 Å². The molecule has 0 amide bonds. The number of unbranched alkanes of at least 4 members (excludes halogenated alkanes) is 1. The van der Waals surface area contributed by atoms with Crippen LogP contribution in [0.5, 0.6) is 0 Å². The van der Waals surface area contributed by atoms with Crippen LogP contribution in [0.25, 0.3) is 0 Å². The van der Waals surface area contributed by atoms with Gasteiger partial charge in [0.25, 0.3) is 0 Å². The fourth-order valence-electron chi connectivity index (χ4n) is 1.98. The fourth-order valence-corrected chi connectivity index (χ4v) is 4.08. The van der Waals surface area contributed by atoms with Crippen LogP contribution in [-0.2, 0) is 10.0 Å². The lowest BCUT2D eigenvalue weighted by molar-refractivity contribution is 0.0901. The highest BCUT2D eigenvalue weighted by Crippen LogP contribution is 2.31. The zero-order valence-corrected chi connectivity index (χ0v) is 10.5. The molecule has 0 aromatic carbocycles. The summed E-state index contributed by atoms with van der Waals surface area (Å²) in [7, 11) is -3.19. The van der Waals surface area contributed by atoms with Crippen molar-refractivity contribution in [3.63, 3.8) is 0 Å². The fraction of sp³-hybridized carbons (Fsp3) is 1.00. The number of nitrogens with zero attached hydrogens (tertiary/aromatic N) is 1. The van der Waals surface area contributed by atoms with Gasteiger partial charge in [-0.2, -0.15) is 4.31 Å². The Morgan fingerprint density at radius 2 is 2.07 bits per heavy atom. The van der Waals surface area contributed by atoms with E-state index in [-0.39, 0.29) is 5.75 Å². The normalized spacial score (nSPS) is 27.1. The first-order chi connectivity index (χ1) is 6.82. The van der Waals surface area contributed by atoms with Crippen LogP contribution in [0.15, 0.2) is 0 Å². The van der Waals surface area contributed by atoms with Crippen LogP contribution in [0.3, 0.4) is 0 Å². The second-order valence-electron chi connectivity index (χ2n) is 4.70. The predicted molar refractivity (Wildman–Crippen MR) is 60.1 cm³/mol. The van der Waals surface area contributed by atoms with E-state index >= 15 is 0 Å². The zero-order chi connectivity index (χ0) is 11.7. The Labute approximate surface area is 92.3 Å². The summed E-state index contributed by atoms with van der Waals surface area (Å²) in [5, 5.41) is 9.71. The number of aliphatic hydroxyl groups excluding tert-OH is 1. The molecule has 0 spiro atoms. The molecule has 0 aromatic rings. The van der Waals surface area contributed by atoms with Gasteiger partial charge < -0.3 is 5.11 Å². The molecule has 1 fully saturated rings. The van der Waals surface area contributed by atoms with Crippen molar-refractivity contribution >= 4 is 10.0 Å². The van der Waals surface area contributed by atoms with Gasteiger partial charge in [0, 0.05) is 6.54 Å². The molecule has 1 unspecified atom stereocenters. The maximum atomic E-state index is 12.0. The number of hydrogen-bond donors (Lipinski definition) is 1. The third kappa shape index (κ3) is 2.52. The van der Waals surface area contributed by atoms with Crippen molar-refractivity contribution in [2.75, 3.05) is 12.3 Å². The van der Waals surface area contributed by atoms with E-state index < -0.39 is 21.7 Å². The van der Waals surface area contributed by atoms with Crippen LogP contribution in [0.4, 0.5) is 0 Å². The van der Waals surface area contributed by atoms with Gasteiger partial charge in [-0.1, -0.05) is 13.3 Å². The monoisotopic (exact) mass is 235 g/mol. The van der Waals surface area contributed by atoms with Crippen LogP contribution in [-0.4, -0.2) is 41.8 Å². The smallest absolute Gasteiger partial charge is 0.214 e. The Kier molecular flexibility index (Phi) is 3.79. The highest BCUT2D eigenvalue weighted by atomic mass is 32.2. The molecule has 0 saturated carbocycles. The minimum atomic E-state index is -3.19. The first-order valence-electron chi connectivity index (χ1n) is 5.51. The minimum absolute atomic E-state index is 0.194. The van der Waals surface area contributed by atoms with Gasteiger partial charge in [-0.25, -0.2) is 8.42 Å². The van der Waals surface area contributed by atoms with E-state index in [2.05, 4.69) is 0 Å². The number of sulfonamides is 1. The average Bonchev–Trinajstić information content (AvgIpc) is 2.39. The van der Waals surface area contributed by atoms with E-state index in [9.17, 15) is 13.5 Å². The highest BCUT2D eigenvalue weighted by Gasteiger charge is 2.45. The largest absolute Gasteiger partial charge is 0.391 e. The van der Waals surface area contributed by atoms with E-state index in [1.54, 1.807) is 13.8 Å². The minimum Gasteiger partial charge on any atom is -0.391 e. The molecule has 90 valence electrons. The van der Waals surface area contributed by atoms with Crippen LogP contribution < -0.4 is 0 Å². The van der Waals surface area contributed by atoms with Crippen LogP contribution in [0, 0.1) is 0 Å². The molecule has 1 aliphatic rings. The summed E-state index contributed by atoms with van der Waals surface area (Å²) in [6.45, 7) is 5.99. The topological polar surface area (TPSA) is 57.6 Å². The molecule has 15 heavy (non-hydrogen) atoms. The van der Waals surface area contributed by atoms with E-state index in [0.29, 0.717) is 19.4 Å². The average molecular weight is 235 g/mol. The van der Waals surface area contributed by atoms with Crippen molar-refractivity contribution in [3.05, 3.63) is 0 Å². The lowest BCUT2D eigenvalue weighted by atomic mass is 10.0. The van der Waals surface area contributed by atoms with Crippen LogP contribution in [0.2, 0.25) is 0 Å². The van der Waals surface area contributed by atoms with Crippen molar-refractivity contribution in [1.29, 1.82) is 0 Å². The number of aliphatic hydroxyl groups is 1. The van der Waals surface area contributed by atoms with Gasteiger partial charge in [0.2, 0.25) is 10.0 Å². The summed E-state index contributed by atoms with van der Waals surface area (Å²) in [6, 6.07) is 0. The molecule has 1 rings (SSSR count). The molecule has 5 heteroatoms. The van der Waals surface area contributed by atoms with Gasteiger partial charge in [0.15, 0.2) is 0 Å². The van der Waals surface area contributed by atoms with Crippen molar-refractivity contribution in [1.82, 2.24) is 4.31 Å². The number of rotatable bonds is 4. The molecule has 1 saturated heterocycles. The molecular weight excluding hydrogens is 214 g/mol. The number of hydrogen-bond acceptors (Lipinski definition) is 3. The second-order valence-corrected chi connectivity index (χ2v) is 6.71. The quantitative estimate of drug-likeness (QED) is 0.789. The molecule has 4 nitrogen and oxygen atoms in total. The van der Waals surface area contributed by atoms with Crippen molar-refractivity contribution in [3.8, 4) is 0 Å². The molecule has 0 bridgehead atoms. The SMILES string of the molecule is CCCCS(=O)(=O)N1CCC(O)C1(C)C. The summed E-state index contributed by atoms with van der Waals surface area (Å²) in [5.74, 6) is 0.194. The summed E-state index contributed by atoms with van der Waals surface area (Å²) < 4.78 is 25.4. The predicted octanol–water partition coefficient (Wildman–Crippen LogP) is 0.962. The van der Waals surface area contributed by atoms with Crippen LogP contribution >= 0.6 is 0 Å². The molecular formula is C10H21NO3S. The molecule has 0 aromatic heterocycles. The Morgan fingerprint density at radius 1 is 1.47 bits per heavy atom. The van der Waals surface area contributed by atoms with Gasteiger partial charge in [-0.3, -0.25) is 0 Å². The molecule has 1 N–H and O–H groups in total. The zero-order valence-electron chi connectivity index (χ0n) is 9.73. The van der Waals surface area contributed by atoms with Crippen LogP contribution in [0.1, 0.15) is 40.0 Å². The summed E-state index contributed by atoms with van der Waals surface area (Å²) in [4.78, 5) is 0. The van der Waals surface area contributed by atoms with Crippen molar-refractivity contribution in [2.45, 2.75) is 51.7 Å². The van der Waals surface area contributed by atoms with Gasteiger partial charge in [0.05, 0.1) is 17.4 Å². The van der Waals surface area contributed by atoms with Crippen molar-refractivity contribution < 1.29 is 13.5 Å². The molecule has 1 aliphatic heterocycles.